The lowest BCUT2D eigenvalue weighted by Gasteiger charge is -2.35. The molecule has 0 bridgehead atoms. The molecule has 2 heterocycles. The minimum absolute atomic E-state index is 0.0462. The van der Waals surface area contributed by atoms with Crippen LogP contribution in [0.1, 0.15) is 24.4 Å². The number of amides is 3. The van der Waals surface area contributed by atoms with Crippen molar-refractivity contribution in [3.05, 3.63) is 48.4 Å². The largest absolute Gasteiger partial charge is 0.494 e. The van der Waals surface area contributed by atoms with E-state index < -0.39 is 0 Å². The lowest BCUT2D eigenvalue weighted by molar-refractivity contribution is -0.132. The van der Waals surface area contributed by atoms with Crippen molar-refractivity contribution < 1.29 is 23.5 Å². The van der Waals surface area contributed by atoms with Crippen molar-refractivity contribution >= 4 is 23.4 Å². The fourth-order valence-corrected chi connectivity index (χ4v) is 3.22. The SMILES string of the molecule is CCOc1ccc(N(CC(=O)N2CCN(C(=O)c3ccco3)CC2)C(C)=O)cc1. The van der Waals surface area contributed by atoms with E-state index in [1.165, 1.54) is 18.1 Å². The molecule has 2 aromatic rings. The summed E-state index contributed by atoms with van der Waals surface area (Å²) in [7, 11) is 0. The molecule has 29 heavy (non-hydrogen) atoms. The summed E-state index contributed by atoms with van der Waals surface area (Å²) in [6, 6.07) is 10.4. The summed E-state index contributed by atoms with van der Waals surface area (Å²) in [6.07, 6.45) is 1.46. The summed E-state index contributed by atoms with van der Waals surface area (Å²) in [4.78, 5) is 42.0. The third-order valence-electron chi connectivity index (χ3n) is 4.78. The van der Waals surface area contributed by atoms with E-state index in [1.807, 2.05) is 6.92 Å². The van der Waals surface area contributed by atoms with Crippen LogP contribution in [0.15, 0.2) is 47.1 Å². The van der Waals surface area contributed by atoms with Crippen LogP contribution >= 0.6 is 0 Å². The summed E-state index contributed by atoms with van der Waals surface area (Å²) in [5.74, 6) is 0.460. The van der Waals surface area contributed by atoms with Gasteiger partial charge in [0.2, 0.25) is 11.8 Å². The van der Waals surface area contributed by atoms with Crippen molar-refractivity contribution in [2.75, 3.05) is 44.2 Å². The van der Waals surface area contributed by atoms with Gasteiger partial charge in [0.05, 0.1) is 12.9 Å². The Morgan fingerprint density at radius 2 is 1.69 bits per heavy atom. The molecular formula is C21H25N3O5. The molecule has 0 saturated carbocycles. The minimum atomic E-state index is -0.214. The van der Waals surface area contributed by atoms with Gasteiger partial charge in [0, 0.05) is 38.8 Å². The number of hydrogen-bond donors (Lipinski definition) is 0. The third kappa shape index (κ3) is 4.96. The van der Waals surface area contributed by atoms with E-state index >= 15 is 0 Å². The van der Waals surface area contributed by atoms with Gasteiger partial charge in [-0.2, -0.15) is 0 Å². The zero-order valence-electron chi connectivity index (χ0n) is 16.7. The number of ether oxygens (including phenoxy) is 1. The van der Waals surface area contributed by atoms with Crippen molar-refractivity contribution in [2.45, 2.75) is 13.8 Å². The number of benzene rings is 1. The van der Waals surface area contributed by atoms with Crippen LogP contribution in [0.4, 0.5) is 5.69 Å². The molecule has 0 N–H and O–H groups in total. The molecule has 8 nitrogen and oxygen atoms in total. The summed E-state index contributed by atoms with van der Waals surface area (Å²) in [6.45, 7) is 5.53. The van der Waals surface area contributed by atoms with Crippen LogP contribution in [0.2, 0.25) is 0 Å². The molecule has 1 saturated heterocycles. The first-order valence-electron chi connectivity index (χ1n) is 9.61. The van der Waals surface area contributed by atoms with Gasteiger partial charge >= 0.3 is 0 Å². The fourth-order valence-electron chi connectivity index (χ4n) is 3.22. The summed E-state index contributed by atoms with van der Waals surface area (Å²) >= 11 is 0. The molecular weight excluding hydrogens is 374 g/mol. The fraction of sp³-hybridized carbons (Fsp3) is 0.381. The maximum atomic E-state index is 12.7. The predicted octanol–water partition coefficient (Wildman–Crippen LogP) is 2.02. The van der Waals surface area contributed by atoms with Gasteiger partial charge in [-0.15, -0.1) is 0 Å². The van der Waals surface area contributed by atoms with E-state index in [0.29, 0.717) is 50.0 Å². The quantitative estimate of drug-likeness (QED) is 0.742. The van der Waals surface area contributed by atoms with Gasteiger partial charge in [-0.05, 0) is 43.3 Å². The molecule has 154 valence electrons. The van der Waals surface area contributed by atoms with Gasteiger partial charge in [0.1, 0.15) is 12.3 Å². The zero-order valence-corrected chi connectivity index (χ0v) is 16.7. The first kappa shape index (κ1) is 20.4. The monoisotopic (exact) mass is 399 g/mol. The zero-order chi connectivity index (χ0) is 20.8. The molecule has 3 amide bonds. The number of hydrogen-bond acceptors (Lipinski definition) is 5. The van der Waals surface area contributed by atoms with Crippen LogP contribution in [-0.4, -0.2) is 66.9 Å². The van der Waals surface area contributed by atoms with Crippen LogP contribution < -0.4 is 9.64 Å². The Hall–Kier alpha value is -3.29. The number of carbonyl (C=O) groups is 3. The Morgan fingerprint density at radius 1 is 1.03 bits per heavy atom. The molecule has 0 radical (unpaired) electrons. The molecule has 8 heteroatoms. The van der Waals surface area contributed by atoms with Crippen LogP contribution in [0.5, 0.6) is 5.75 Å². The first-order valence-corrected chi connectivity index (χ1v) is 9.61. The highest BCUT2D eigenvalue weighted by molar-refractivity contribution is 5.97. The smallest absolute Gasteiger partial charge is 0.289 e. The average molecular weight is 399 g/mol. The molecule has 3 rings (SSSR count). The van der Waals surface area contributed by atoms with E-state index in [2.05, 4.69) is 0 Å². The molecule has 1 aromatic carbocycles. The Kier molecular flexibility index (Phi) is 6.54. The number of furan rings is 1. The molecule has 1 aliphatic rings. The normalized spacial score (nSPS) is 13.9. The van der Waals surface area contributed by atoms with Crippen molar-refractivity contribution in [1.29, 1.82) is 0 Å². The van der Waals surface area contributed by atoms with E-state index in [1.54, 1.807) is 46.2 Å². The molecule has 1 aliphatic heterocycles. The number of carbonyl (C=O) groups excluding carboxylic acids is 3. The Bertz CT molecular complexity index is 840. The second-order valence-corrected chi connectivity index (χ2v) is 6.68. The second kappa shape index (κ2) is 9.27. The lowest BCUT2D eigenvalue weighted by atomic mass is 10.2. The van der Waals surface area contributed by atoms with Gasteiger partial charge in [0.15, 0.2) is 5.76 Å². The lowest BCUT2D eigenvalue weighted by Crippen LogP contribution is -2.53. The standard InChI is InChI=1S/C21H25N3O5/c1-3-28-18-8-6-17(7-9-18)24(16(2)25)15-20(26)22-10-12-23(13-11-22)21(27)19-5-4-14-29-19/h4-9,14H,3,10-13,15H2,1-2H3. The number of rotatable bonds is 6. The number of nitrogens with zero attached hydrogens (tertiary/aromatic N) is 3. The first-order chi connectivity index (χ1) is 14.0. The van der Waals surface area contributed by atoms with E-state index in [-0.39, 0.29) is 24.3 Å². The van der Waals surface area contributed by atoms with E-state index in [0.717, 1.165) is 0 Å². The van der Waals surface area contributed by atoms with Gasteiger partial charge in [-0.1, -0.05) is 0 Å². The summed E-state index contributed by atoms with van der Waals surface area (Å²) < 4.78 is 10.6. The number of anilines is 1. The van der Waals surface area contributed by atoms with Gasteiger partial charge in [-0.3, -0.25) is 14.4 Å². The predicted molar refractivity (Wildman–Crippen MR) is 107 cm³/mol. The molecule has 0 atom stereocenters. The van der Waals surface area contributed by atoms with Crippen LogP contribution in [0, 0.1) is 0 Å². The Labute approximate surface area is 169 Å². The second-order valence-electron chi connectivity index (χ2n) is 6.68. The maximum absolute atomic E-state index is 12.7. The van der Waals surface area contributed by atoms with Crippen LogP contribution in [0.3, 0.4) is 0 Å². The Balaban J connectivity index is 1.58. The molecule has 0 spiro atoms. The third-order valence-corrected chi connectivity index (χ3v) is 4.78. The summed E-state index contributed by atoms with van der Waals surface area (Å²) in [5.41, 5.74) is 0.640. The molecule has 0 aliphatic carbocycles. The highest BCUT2D eigenvalue weighted by Gasteiger charge is 2.27. The van der Waals surface area contributed by atoms with Crippen molar-refractivity contribution in [3.8, 4) is 5.75 Å². The van der Waals surface area contributed by atoms with Gasteiger partial charge < -0.3 is 23.9 Å². The molecule has 1 fully saturated rings. The molecule has 0 unspecified atom stereocenters. The van der Waals surface area contributed by atoms with Crippen LogP contribution in [0.25, 0.3) is 0 Å². The van der Waals surface area contributed by atoms with E-state index in [4.69, 9.17) is 9.15 Å². The minimum Gasteiger partial charge on any atom is -0.494 e. The number of piperazine rings is 1. The topological polar surface area (TPSA) is 83.3 Å². The van der Waals surface area contributed by atoms with Crippen molar-refractivity contribution in [2.24, 2.45) is 0 Å². The van der Waals surface area contributed by atoms with Crippen molar-refractivity contribution in [1.82, 2.24) is 9.80 Å². The highest BCUT2D eigenvalue weighted by atomic mass is 16.5. The summed E-state index contributed by atoms with van der Waals surface area (Å²) in [5, 5.41) is 0. The molecule has 1 aromatic heterocycles. The van der Waals surface area contributed by atoms with Gasteiger partial charge in [0.25, 0.3) is 5.91 Å². The van der Waals surface area contributed by atoms with Crippen LogP contribution in [-0.2, 0) is 9.59 Å². The van der Waals surface area contributed by atoms with Gasteiger partial charge in [-0.25, -0.2) is 0 Å². The average Bonchev–Trinajstić information content (AvgIpc) is 3.27. The maximum Gasteiger partial charge on any atom is 0.289 e. The van der Waals surface area contributed by atoms with E-state index in [9.17, 15) is 14.4 Å². The van der Waals surface area contributed by atoms with Crippen molar-refractivity contribution in [3.63, 3.8) is 0 Å². The highest BCUT2D eigenvalue weighted by Crippen LogP contribution is 2.20. The Morgan fingerprint density at radius 3 is 2.24 bits per heavy atom.